The van der Waals surface area contributed by atoms with E-state index in [-0.39, 0.29) is 18.0 Å². The van der Waals surface area contributed by atoms with E-state index in [1.165, 1.54) is 34.5 Å². The van der Waals surface area contributed by atoms with Gasteiger partial charge >= 0.3 is 0 Å². The number of amides is 1. The fourth-order valence-corrected chi connectivity index (χ4v) is 7.31. The summed E-state index contributed by atoms with van der Waals surface area (Å²) in [5.74, 6) is 0.641. The van der Waals surface area contributed by atoms with Crippen LogP contribution >= 0.6 is 11.3 Å². The van der Waals surface area contributed by atoms with E-state index in [2.05, 4.69) is 29.5 Å². The van der Waals surface area contributed by atoms with Crippen LogP contribution < -0.4 is 5.73 Å². The summed E-state index contributed by atoms with van der Waals surface area (Å²) in [6.07, 6.45) is 13.1. The number of fused-ring (bicyclic) bond motifs is 2. The molecule has 6 nitrogen and oxygen atoms in total. The van der Waals surface area contributed by atoms with Gasteiger partial charge in [-0.1, -0.05) is 0 Å². The van der Waals surface area contributed by atoms with E-state index in [0.717, 1.165) is 74.8 Å². The fourth-order valence-electron chi connectivity index (χ4n) is 6.19. The summed E-state index contributed by atoms with van der Waals surface area (Å²) in [5.41, 5.74) is 12.6. The van der Waals surface area contributed by atoms with E-state index in [4.69, 9.17) is 15.8 Å². The maximum absolute atomic E-state index is 13.7. The zero-order valence-corrected chi connectivity index (χ0v) is 20.2. The van der Waals surface area contributed by atoms with E-state index >= 15 is 0 Å². The van der Waals surface area contributed by atoms with Crippen LogP contribution in [0.3, 0.4) is 0 Å². The average molecular weight is 464 g/mol. The van der Waals surface area contributed by atoms with Gasteiger partial charge in [-0.15, -0.1) is 11.3 Å². The van der Waals surface area contributed by atoms with Gasteiger partial charge in [0, 0.05) is 41.0 Å². The van der Waals surface area contributed by atoms with Crippen LogP contribution in [0.1, 0.15) is 101 Å². The van der Waals surface area contributed by atoms with Gasteiger partial charge in [-0.25, -0.2) is 9.50 Å². The molecule has 2 N–H and O–H groups in total. The minimum atomic E-state index is 0.0238. The van der Waals surface area contributed by atoms with Gasteiger partial charge in [-0.05, 0) is 82.3 Å². The molecular weight excluding hydrogens is 430 g/mol. The molecule has 0 radical (unpaired) electrons. The van der Waals surface area contributed by atoms with Crippen molar-refractivity contribution < 1.29 is 4.79 Å². The highest BCUT2D eigenvalue weighted by Gasteiger charge is 2.33. The number of carbonyl (C=O) groups excluding carboxylic acids is 1. The molecule has 1 saturated carbocycles. The molecule has 1 amide bonds. The van der Waals surface area contributed by atoms with Crippen LogP contribution in [0.2, 0.25) is 0 Å². The SMILES string of the molecule is Cc1cn2nc([C@@H]3CCCCN3C(=O)c3csc4c3CCCC4)cc2nc1C1CC[C@H](N)C1. The molecule has 1 unspecified atom stereocenters. The highest BCUT2D eigenvalue weighted by Crippen LogP contribution is 2.37. The number of nitrogens with zero attached hydrogens (tertiary/aromatic N) is 4. The van der Waals surface area contributed by atoms with Gasteiger partial charge in [-0.2, -0.15) is 5.10 Å². The Kier molecular flexibility index (Phi) is 5.49. The van der Waals surface area contributed by atoms with Crippen molar-refractivity contribution in [3.05, 3.63) is 50.6 Å². The van der Waals surface area contributed by atoms with E-state index in [1.807, 2.05) is 4.52 Å². The van der Waals surface area contributed by atoms with E-state index < -0.39 is 0 Å². The lowest BCUT2D eigenvalue weighted by atomic mass is 9.93. The molecule has 3 aromatic heterocycles. The van der Waals surface area contributed by atoms with Gasteiger partial charge in [-0.3, -0.25) is 4.79 Å². The van der Waals surface area contributed by atoms with Crippen molar-refractivity contribution in [1.82, 2.24) is 19.5 Å². The Bertz CT molecular complexity index is 1200. The third kappa shape index (κ3) is 3.79. The number of thiophene rings is 1. The van der Waals surface area contributed by atoms with Gasteiger partial charge in [0.1, 0.15) is 0 Å². The zero-order chi connectivity index (χ0) is 22.5. The lowest BCUT2D eigenvalue weighted by Gasteiger charge is -2.35. The Morgan fingerprint density at radius 2 is 2.03 bits per heavy atom. The van der Waals surface area contributed by atoms with Crippen LogP contribution in [0.4, 0.5) is 0 Å². The minimum Gasteiger partial charge on any atom is -0.330 e. The van der Waals surface area contributed by atoms with Crippen LogP contribution in [0.25, 0.3) is 5.65 Å². The number of nitrogens with two attached hydrogens (primary N) is 1. The second kappa shape index (κ2) is 8.51. The lowest BCUT2D eigenvalue weighted by Crippen LogP contribution is -2.39. The molecule has 6 rings (SSSR count). The Morgan fingerprint density at radius 3 is 2.88 bits per heavy atom. The smallest absolute Gasteiger partial charge is 0.255 e. The second-order valence-corrected chi connectivity index (χ2v) is 11.2. The van der Waals surface area contributed by atoms with Gasteiger partial charge < -0.3 is 10.6 Å². The number of aromatic nitrogens is 3. The molecule has 33 heavy (non-hydrogen) atoms. The van der Waals surface area contributed by atoms with Crippen LogP contribution in [0.15, 0.2) is 17.6 Å². The first-order valence-corrected chi connectivity index (χ1v) is 13.5. The molecule has 3 aromatic rings. The average Bonchev–Trinajstić information content (AvgIpc) is 3.55. The summed E-state index contributed by atoms with van der Waals surface area (Å²) in [6.45, 7) is 2.93. The third-order valence-corrected chi connectivity index (χ3v) is 9.04. The molecule has 3 atom stereocenters. The number of carbonyl (C=O) groups is 1. The molecule has 2 aliphatic carbocycles. The maximum atomic E-state index is 13.7. The van der Waals surface area contributed by atoms with Crippen molar-refractivity contribution in [1.29, 1.82) is 0 Å². The molecule has 4 heterocycles. The predicted octanol–water partition coefficient (Wildman–Crippen LogP) is 4.94. The summed E-state index contributed by atoms with van der Waals surface area (Å²) in [4.78, 5) is 22.3. The van der Waals surface area contributed by atoms with Crippen LogP contribution in [-0.2, 0) is 12.8 Å². The first kappa shape index (κ1) is 21.3. The Hall–Kier alpha value is -2.25. The van der Waals surface area contributed by atoms with Crippen molar-refractivity contribution in [2.45, 2.75) is 89.1 Å². The number of rotatable bonds is 3. The highest BCUT2D eigenvalue weighted by atomic mass is 32.1. The van der Waals surface area contributed by atoms with E-state index in [0.29, 0.717) is 5.92 Å². The van der Waals surface area contributed by atoms with Gasteiger partial charge in [0.05, 0.1) is 23.0 Å². The zero-order valence-electron chi connectivity index (χ0n) is 19.4. The quantitative estimate of drug-likeness (QED) is 0.597. The van der Waals surface area contributed by atoms with Crippen LogP contribution in [-0.4, -0.2) is 38.0 Å². The molecule has 1 saturated heterocycles. The molecule has 7 heteroatoms. The van der Waals surface area contributed by atoms with Crippen molar-refractivity contribution in [2.24, 2.45) is 5.73 Å². The predicted molar refractivity (Wildman–Crippen MR) is 131 cm³/mol. The number of aryl methyl sites for hydroxylation is 2. The number of hydrogen-bond donors (Lipinski definition) is 1. The molecule has 2 fully saturated rings. The summed E-state index contributed by atoms with van der Waals surface area (Å²) < 4.78 is 1.91. The van der Waals surface area contributed by atoms with Crippen molar-refractivity contribution >= 4 is 22.9 Å². The fraction of sp³-hybridized carbons (Fsp3) is 0.577. The summed E-state index contributed by atoms with van der Waals surface area (Å²) in [5, 5.41) is 7.03. The number of likely N-dealkylation sites (tertiary alicyclic amines) is 1. The number of piperidine rings is 1. The topological polar surface area (TPSA) is 76.5 Å². The molecular formula is C26H33N5OS. The molecule has 174 valence electrons. The molecule has 3 aliphatic rings. The van der Waals surface area contributed by atoms with E-state index in [1.54, 1.807) is 11.3 Å². The normalized spacial score (nSPS) is 25.5. The van der Waals surface area contributed by atoms with Gasteiger partial charge in [0.15, 0.2) is 5.65 Å². The first-order valence-electron chi connectivity index (χ1n) is 12.6. The van der Waals surface area contributed by atoms with Crippen LogP contribution in [0.5, 0.6) is 0 Å². The molecule has 0 aromatic carbocycles. The van der Waals surface area contributed by atoms with E-state index in [9.17, 15) is 4.79 Å². The Morgan fingerprint density at radius 1 is 1.15 bits per heavy atom. The number of hydrogen-bond acceptors (Lipinski definition) is 5. The standard InChI is InChI=1S/C26H33N5OS/c1-16-14-31-24(28-25(16)17-9-10-18(27)12-17)13-21(29-31)22-7-4-5-11-30(22)26(32)20-15-33-23-8-3-2-6-19(20)23/h13-15,17-18,22H,2-12,27H2,1H3/t17?,18-,22-/m0/s1. The van der Waals surface area contributed by atoms with Crippen molar-refractivity contribution in [3.63, 3.8) is 0 Å². The lowest BCUT2D eigenvalue weighted by molar-refractivity contribution is 0.0605. The van der Waals surface area contributed by atoms with Gasteiger partial charge in [0.2, 0.25) is 0 Å². The summed E-state index contributed by atoms with van der Waals surface area (Å²) in [6, 6.07) is 2.42. The minimum absolute atomic E-state index is 0.0238. The van der Waals surface area contributed by atoms with Gasteiger partial charge in [0.25, 0.3) is 5.91 Å². The molecule has 0 bridgehead atoms. The molecule has 1 aliphatic heterocycles. The third-order valence-electron chi connectivity index (χ3n) is 7.95. The highest BCUT2D eigenvalue weighted by molar-refractivity contribution is 7.10. The van der Waals surface area contributed by atoms with Crippen molar-refractivity contribution in [3.8, 4) is 0 Å². The second-order valence-electron chi connectivity index (χ2n) is 10.2. The largest absolute Gasteiger partial charge is 0.330 e. The van der Waals surface area contributed by atoms with Crippen molar-refractivity contribution in [2.75, 3.05) is 6.54 Å². The monoisotopic (exact) mass is 463 g/mol. The molecule has 0 spiro atoms. The Balaban J connectivity index is 1.32. The summed E-state index contributed by atoms with van der Waals surface area (Å²) in [7, 11) is 0. The van der Waals surface area contributed by atoms with Crippen LogP contribution in [0, 0.1) is 6.92 Å². The summed E-state index contributed by atoms with van der Waals surface area (Å²) >= 11 is 1.77. The Labute approximate surface area is 199 Å². The first-order chi connectivity index (χ1) is 16.1. The maximum Gasteiger partial charge on any atom is 0.255 e.